The number of carbonyl (C=O) groups is 2. The summed E-state index contributed by atoms with van der Waals surface area (Å²) in [5.74, 6) is -3.66. The Bertz CT molecular complexity index is 886. The van der Waals surface area contributed by atoms with Gasteiger partial charge in [-0.15, -0.1) is 5.06 Å². The highest BCUT2D eigenvalue weighted by Gasteiger charge is 2.43. The molecule has 11 heteroatoms. The minimum Gasteiger partial charge on any atom is -0.399 e. The number of hydrogen-bond donors (Lipinski definition) is 1. The van der Waals surface area contributed by atoms with Crippen LogP contribution in [0.1, 0.15) is 5.56 Å². The van der Waals surface area contributed by atoms with E-state index in [9.17, 15) is 32.9 Å². The van der Waals surface area contributed by atoms with Gasteiger partial charge in [-0.1, -0.05) is 18.2 Å². The molecule has 0 radical (unpaired) electrons. The van der Waals surface area contributed by atoms with E-state index in [-0.39, 0.29) is 27.7 Å². The van der Waals surface area contributed by atoms with Crippen LogP contribution in [0, 0.1) is 10.1 Å². The molecule has 0 saturated carbocycles. The molecular weight excluding hydrogens is 371 g/mol. The highest BCUT2D eigenvalue weighted by molar-refractivity contribution is 5.95. The average Bonchev–Trinajstić information content (AvgIpc) is 2.58. The molecule has 0 aliphatic heterocycles. The molecule has 2 aromatic rings. The van der Waals surface area contributed by atoms with Crippen molar-refractivity contribution in [2.24, 2.45) is 0 Å². The first-order valence-electron chi connectivity index (χ1n) is 7.29. The molecule has 0 aliphatic rings. The van der Waals surface area contributed by atoms with Gasteiger partial charge in [-0.3, -0.25) is 14.9 Å². The number of rotatable bonds is 4. The summed E-state index contributed by atoms with van der Waals surface area (Å²) in [7, 11) is 0. The molecule has 0 spiro atoms. The van der Waals surface area contributed by atoms with Crippen molar-refractivity contribution in [2.45, 2.75) is 12.6 Å². The zero-order valence-corrected chi connectivity index (χ0v) is 13.5. The van der Waals surface area contributed by atoms with Crippen LogP contribution in [0.4, 0.5) is 30.2 Å². The second-order valence-electron chi connectivity index (χ2n) is 5.26. The van der Waals surface area contributed by atoms with Crippen molar-refractivity contribution in [2.75, 3.05) is 10.8 Å². The number of nitrogens with zero attached hydrogens (tertiary/aromatic N) is 2. The van der Waals surface area contributed by atoms with E-state index in [1.165, 1.54) is 36.4 Å². The maximum atomic E-state index is 12.5. The van der Waals surface area contributed by atoms with Crippen LogP contribution in [0.5, 0.6) is 0 Å². The fraction of sp³-hybridized carbons (Fsp3) is 0.125. The van der Waals surface area contributed by atoms with Crippen molar-refractivity contribution in [3.63, 3.8) is 0 Å². The number of hydrogen-bond acceptors (Lipinski definition) is 6. The lowest BCUT2D eigenvalue weighted by molar-refractivity contribution is -0.384. The van der Waals surface area contributed by atoms with E-state index in [1.54, 1.807) is 0 Å². The highest BCUT2D eigenvalue weighted by atomic mass is 19.4. The number of nitro groups is 1. The van der Waals surface area contributed by atoms with Crippen LogP contribution in [0.15, 0.2) is 48.5 Å². The van der Waals surface area contributed by atoms with E-state index in [0.717, 1.165) is 12.1 Å². The van der Waals surface area contributed by atoms with E-state index in [2.05, 4.69) is 4.84 Å². The third-order valence-corrected chi connectivity index (χ3v) is 3.21. The molecule has 142 valence electrons. The SMILES string of the molecule is Nc1cccc(N(OC(=O)C(F)(F)F)C(=O)Cc2cccc([N+](=O)[O-])c2)c1. The normalized spacial score (nSPS) is 10.9. The molecule has 8 nitrogen and oxygen atoms in total. The molecule has 2 aromatic carbocycles. The molecule has 2 N–H and O–H groups in total. The fourth-order valence-corrected chi connectivity index (χ4v) is 2.06. The summed E-state index contributed by atoms with van der Waals surface area (Å²) in [4.78, 5) is 37.9. The Kier molecular flexibility index (Phi) is 5.63. The van der Waals surface area contributed by atoms with Gasteiger partial charge in [0.05, 0.1) is 17.0 Å². The van der Waals surface area contributed by atoms with E-state index in [4.69, 9.17) is 5.73 Å². The number of alkyl halides is 3. The Labute approximate surface area is 150 Å². The average molecular weight is 383 g/mol. The number of hydroxylamine groups is 1. The molecule has 1 amide bonds. The van der Waals surface area contributed by atoms with Gasteiger partial charge in [0, 0.05) is 17.8 Å². The third kappa shape index (κ3) is 5.17. The summed E-state index contributed by atoms with van der Waals surface area (Å²) in [6.07, 6.45) is -5.88. The molecular formula is C16H12F3N3O5. The number of benzene rings is 2. The van der Waals surface area contributed by atoms with Crippen molar-refractivity contribution >= 4 is 28.9 Å². The van der Waals surface area contributed by atoms with E-state index < -0.39 is 29.4 Å². The summed E-state index contributed by atoms with van der Waals surface area (Å²) in [5.41, 5.74) is 5.29. The molecule has 0 saturated heterocycles. The van der Waals surface area contributed by atoms with Gasteiger partial charge in [0.1, 0.15) is 0 Å². The number of carbonyl (C=O) groups excluding carboxylic acids is 2. The molecule has 27 heavy (non-hydrogen) atoms. The zero-order valence-electron chi connectivity index (χ0n) is 13.5. The fourth-order valence-electron chi connectivity index (χ4n) is 2.06. The Balaban J connectivity index is 2.32. The number of non-ortho nitro benzene ring substituents is 1. The van der Waals surface area contributed by atoms with Crippen molar-refractivity contribution in [1.29, 1.82) is 0 Å². The minimum absolute atomic E-state index is 0.115. The number of amides is 1. The highest BCUT2D eigenvalue weighted by Crippen LogP contribution is 2.24. The quantitative estimate of drug-likeness (QED) is 0.493. The van der Waals surface area contributed by atoms with Crippen LogP contribution >= 0.6 is 0 Å². The summed E-state index contributed by atoms with van der Waals surface area (Å²) >= 11 is 0. The molecule has 0 heterocycles. The molecule has 2 rings (SSSR count). The van der Waals surface area contributed by atoms with Crippen LogP contribution in [0.3, 0.4) is 0 Å². The minimum atomic E-state index is -5.33. The van der Waals surface area contributed by atoms with Gasteiger partial charge < -0.3 is 10.6 Å². The monoisotopic (exact) mass is 383 g/mol. The second-order valence-corrected chi connectivity index (χ2v) is 5.26. The summed E-state index contributed by atoms with van der Waals surface area (Å²) in [5, 5.41) is 10.9. The van der Waals surface area contributed by atoms with Gasteiger partial charge >= 0.3 is 12.1 Å². The van der Waals surface area contributed by atoms with Gasteiger partial charge in [-0.25, -0.2) is 4.79 Å². The predicted molar refractivity (Wildman–Crippen MR) is 87.3 cm³/mol. The first-order chi connectivity index (χ1) is 12.6. The summed E-state index contributed by atoms with van der Waals surface area (Å²) < 4.78 is 37.6. The lowest BCUT2D eigenvalue weighted by atomic mass is 10.1. The van der Waals surface area contributed by atoms with E-state index in [0.29, 0.717) is 0 Å². The van der Waals surface area contributed by atoms with E-state index >= 15 is 0 Å². The topological polar surface area (TPSA) is 116 Å². The molecule has 0 atom stereocenters. The standard InChI is InChI=1S/C16H12F3N3O5/c17-16(18,19)15(24)27-21(12-5-2-4-11(20)9-12)14(23)8-10-3-1-6-13(7-10)22(25)26/h1-7,9H,8,20H2. The maximum absolute atomic E-state index is 12.5. The number of halogens is 3. The summed E-state index contributed by atoms with van der Waals surface area (Å²) in [6.45, 7) is 0. The van der Waals surface area contributed by atoms with Crippen LogP contribution < -0.4 is 10.8 Å². The van der Waals surface area contributed by atoms with Crippen molar-refractivity contribution in [3.05, 3.63) is 64.2 Å². The van der Waals surface area contributed by atoms with Crippen molar-refractivity contribution in [1.82, 2.24) is 0 Å². The molecule has 0 bridgehead atoms. The smallest absolute Gasteiger partial charge is 0.399 e. The second kappa shape index (κ2) is 7.72. The van der Waals surface area contributed by atoms with Crippen LogP contribution in [-0.4, -0.2) is 23.0 Å². The van der Waals surface area contributed by atoms with Gasteiger partial charge in [0.15, 0.2) is 0 Å². The van der Waals surface area contributed by atoms with Gasteiger partial charge in [0.25, 0.3) is 11.6 Å². The van der Waals surface area contributed by atoms with Crippen LogP contribution in [0.2, 0.25) is 0 Å². The Morgan fingerprint density at radius 3 is 2.41 bits per heavy atom. The summed E-state index contributed by atoms with van der Waals surface area (Å²) in [6, 6.07) is 10.1. The first kappa shape index (κ1) is 19.7. The lowest BCUT2D eigenvalue weighted by Crippen LogP contribution is -2.39. The number of nitro benzene ring substituents is 1. The van der Waals surface area contributed by atoms with Gasteiger partial charge in [-0.2, -0.15) is 13.2 Å². The van der Waals surface area contributed by atoms with Crippen LogP contribution in [-0.2, 0) is 20.8 Å². The van der Waals surface area contributed by atoms with Crippen molar-refractivity contribution < 1.29 is 32.5 Å². The molecule has 0 aliphatic carbocycles. The maximum Gasteiger partial charge on any atom is 0.493 e. The Hall–Kier alpha value is -3.63. The third-order valence-electron chi connectivity index (χ3n) is 3.21. The molecule has 0 unspecified atom stereocenters. The largest absolute Gasteiger partial charge is 0.493 e. The molecule has 0 aromatic heterocycles. The van der Waals surface area contributed by atoms with Crippen molar-refractivity contribution in [3.8, 4) is 0 Å². The predicted octanol–water partition coefficient (Wildman–Crippen LogP) is 2.77. The number of nitrogens with two attached hydrogens (primary N) is 1. The van der Waals surface area contributed by atoms with Gasteiger partial charge in [0.2, 0.25) is 0 Å². The van der Waals surface area contributed by atoms with E-state index in [1.807, 2.05) is 0 Å². The number of nitrogen functional groups attached to an aromatic ring is 1. The lowest BCUT2D eigenvalue weighted by Gasteiger charge is -2.22. The van der Waals surface area contributed by atoms with Gasteiger partial charge in [-0.05, 0) is 23.8 Å². The first-order valence-corrected chi connectivity index (χ1v) is 7.29. The number of anilines is 2. The Morgan fingerprint density at radius 1 is 1.15 bits per heavy atom. The van der Waals surface area contributed by atoms with Crippen LogP contribution in [0.25, 0.3) is 0 Å². The molecule has 0 fully saturated rings. The zero-order chi connectivity index (χ0) is 20.2. The Morgan fingerprint density at radius 2 is 1.81 bits per heavy atom.